The van der Waals surface area contributed by atoms with E-state index in [1.807, 2.05) is 0 Å². The summed E-state index contributed by atoms with van der Waals surface area (Å²) in [5.74, 6) is -1.29. The number of carbonyl (C=O) groups is 2. The number of imide groups is 1. The lowest BCUT2D eigenvalue weighted by molar-refractivity contribution is -0.138. The lowest BCUT2D eigenvalue weighted by atomic mass is 10.2. The van der Waals surface area contributed by atoms with Crippen molar-refractivity contribution in [3.63, 3.8) is 0 Å². The molecule has 0 aromatic heterocycles. The Balaban J connectivity index is 2.81. The summed E-state index contributed by atoms with van der Waals surface area (Å²) in [6.07, 6.45) is 2.04. The lowest BCUT2D eigenvalue weighted by Gasteiger charge is -2.32. The van der Waals surface area contributed by atoms with Crippen LogP contribution in [0.15, 0.2) is 12.2 Å². The van der Waals surface area contributed by atoms with Gasteiger partial charge >= 0.3 is 0 Å². The summed E-state index contributed by atoms with van der Waals surface area (Å²) in [6, 6.07) is 0. The van der Waals surface area contributed by atoms with E-state index in [2.05, 4.69) is 0 Å². The molecule has 0 aliphatic carbocycles. The van der Waals surface area contributed by atoms with E-state index >= 15 is 0 Å². The SMILES string of the molecule is NCC(F)(I)C(F)(I)CN1C(=O)C=CC1=O. The molecule has 2 unspecified atom stereocenters. The molecule has 90 valence electrons. The first-order chi connectivity index (χ1) is 7.21. The van der Waals surface area contributed by atoms with Crippen molar-refractivity contribution in [2.24, 2.45) is 5.73 Å². The zero-order valence-corrected chi connectivity index (χ0v) is 12.2. The molecule has 0 radical (unpaired) electrons. The van der Waals surface area contributed by atoms with Crippen LogP contribution in [0, 0.1) is 0 Å². The van der Waals surface area contributed by atoms with Gasteiger partial charge in [-0.25, -0.2) is 8.78 Å². The number of carbonyl (C=O) groups excluding carboxylic acids is 2. The average Bonchev–Trinajstić information content (AvgIpc) is 2.49. The van der Waals surface area contributed by atoms with Gasteiger partial charge in [0.1, 0.15) is 0 Å². The van der Waals surface area contributed by atoms with Crippen molar-refractivity contribution in [3.05, 3.63) is 12.2 Å². The Kier molecular flexibility index (Phi) is 4.27. The number of rotatable bonds is 4. The monoisotopic (exact) mass is 456 g/mol. The molecule has 0 bridgehead atoms. The van der Waals surface area contributed by atoms with Gasteiger partial charge in [-0.2, -0.15) is 0 Å². The smallest absolute Gasteiger partial charge is 0.253 e. The maximum absolute atomic E-state index is 14.0. The van der Waals surface area contributed by atoms with Crippen LogP contribution in [0.5, 0.6) is 0 Å². The van der Waals surface area contributed by atoms with Crippen molar-refractivity contribution < 1.29 is 18.4 Å². The molecule has 2 N–H and O–H groups in total. The number of nitrogens with zero attached hydrogens (tertiary/aromatic N) is 1. The average molecular weight is 456 g/mol. The van der Waals surface area contributed by atoms with Crippen molar-refractivity contribution in [2.45, 2.75) is 7.35 Å². The second-order valence-corrected chi connectivity index (χ2v) is 6.63. The molecule has 0 spiro atoms. The first kappa shape index (κ1) is 14.2. The fraction of sp³-hybridized carbons (Fsp3) is 0.500. The molecule has 1 rings (SSSR count). The van der Waals surface area contributed by atoms with Crippen LogP contribution in [0.1, 0.15) is 0 Å². The molecule has 4 nitrogen and oxygen atoms in total. The molecule has 1 aliphatic heterocycles. The number of hydrogen-bond acceptors (Lipinski definition) is 3. The Labute approximate surface area is 118 Å². The van der Waals surface area contributed by atoms with E-state index in [1.54, 1.807) is 0 Å². The van der Waals surface area contributed by atoms with Gasteiger partial charge in [0.15, 0.2) is 0 Å². The molecule has 0 aromatic rings. The predicted molar refractivity (Wildman–Crippen MR) is 70.6 cm³/mol. The first-order valence-electron chi connectivity index (χ1n) is 4.20. The normalized spacial score (nSPS) is 23.4. The Morgan fingerprint density at radius 3 is 2.00 bits per heavy atom. The molecule has 1 heterocycles. The van der Waals surface area contributed by atoms with E-state index in [1.165, 1.54) is 45.2 Å². The minimum atomic E-state index is -2.42. The van der Waals surface area contributed by atoms with Crippen molar-refractivity contribution in [1.82, 2.24) is 4.90 Å². The lowest BCUT2D eigenvalue weighted by Crippen LogP contribution is -2.51. The van der Waals surface area contributed by atoms with Crippen LogP contribution in [0.2, 0.25) is 0 Å². The first-order valence-corrected chi connectivity index (χ1v) is 6.36. The molecular weight excluding hydrogens is 448 g/mol. The summed E-state index contributed by atoms with van der Waals surface area (Å²) in [6.45, 7) is -1.20. The van der Waals surface area contributed by atoms with E-state index in [4.69, 9.17) is 5.73 Å². The summed E-state index contributed by atoms with van der Waals surface area (Å²) in [5.41, 5.74) is 5.10. The maximum atomic E-state index is 14.0. The standard InChI is InChI=1S/C8H8F2I2N2O2/c9-7(11,3-13)8(10,12)4-14-5(15)1-2-6(14)16/h1-2H,3-4,13H2. The highest BCUT2D eigenvalue weighted by Crippen LogP contribution is 2.42. The number of nitrogens with two attached hydrogens (primary N) is 1. The zero-order valence-electron chi connectivity index (χ0n) is 7.92. The third kappa shape index (κ3) is 2.70. The van der Waals surface area contributed by atoms with Crippen LogP contribution >= 0.6 is 45.2 Å². The van der Waals surface area contributed by atoms with Gasteiger partial charge in [-0.1, -0.05) is 0 Å². The van der Waals surface area contributed by atoms with E-state index in [0.29, 0.717) is 4.90 Å². The molecule has 8 heteroatoms. The molecular formula is C8H8F2I2N2O2. The fourth-order valence-corrected chi connectivity index (χ4v) is 1.78. The molecule has 0 fully saturated rings. The molecule has 0 saturated carbocycles. The van der Waals surface area contributed by atoms with Crippen LogP contribution in [-0.4, -0.2) is 37.2 Å². The minimum Gasteiger partial charge on any atom is -0.327 e. The second kappa shape index (κ2) is 4.80. The summed E-state index contributed by atoms with van der Waals surface area (Å²) in [5, 5.41) is 0. The van der Waals surface area contributed by atoms with Gasteiger partial charge < -0.3 is 5.73 Å². The number of hydrogen-bond donors (Lipinski definition) is 1. The van der Waals surface area contributed by atoms with Crippen molar-refractivity contribution in [1.29, 1.82) is 0 Å². The molecule has 2 atom stereocenters. The van der Waals surface area contributed by atoms with Crippen LogP contribution in [-0.2, 0) is 9.59 Å². The highest BCUT2D eigenvalue weighted by Gasteiger charge is 2.51. The minimum absolute atomic E-state index is 0.545. The maximum Gasteiger partial charge on any atom is 0.253 e. The second-order valence-electron chi connectivity index (χ2n) is 3.21. The molecule has 1 aliphatic rings. The van der Waals surface area contributed by atoms with E-state index < -0.39 is 32.3 Å². The molecule has 0 saturated heterocycles. The van der Waals surface area contributed by atoms with Crippen LogP contribution < -0.4 is 5.73 Å². The van der Waals surface area contributed by atoms with Gasteiger partial charge in [-0.05, 0) is 45.2 Å². The van der Waals surface area contributed by atoms with Crippen molar-refractivity contribution in [3.8, 4) is 0 Å². The highest BCUT2D eigenvalue weighted by molar-refractivity contribution is 14.1. The Morgan fingerprint density at radius 2 is 1.62 bits per heavy atom. The Bertz CT molecular complexity index is 340. The van der Waals surface area contributed by atoms with Gasteiger partial charge in [-0.3, -0.25) is 14.5 Å². The van der Waals surface area contributed by atoms with Gasteiger partial charge in [0.2, 0.25) is 7.35 Å². The highest BCUT2D eigenvalue weighted by atomic mass is 127. The quantitative estimate of drug-likeness (QED) is 0.392. The van der Waals surface area contributed by atoms with Crippen LogP contribution in [0.4, 0.5) is 8.78 Å². The van der Waals surface area contributed by atoms with Gasteiger partial charge in [-0.15, -0.1) is 0 Å². The molecule has 2 amide bonds. The Morgan fingerprint density at radius 1 is 1.19 bits per heavy atom. The summed E-state index contributed by atoms with van der Waals surface area (Å²) < 4.78 is 23.0. The van der Waals surface area contributed by atoms with Gasteiger partial charge in [0.05, 0.1) is 6.54 Å². The summed E-state index contributed by atoms with van der Waals surface area (Å²) >= 11 is 2.46. The van der Waals surface area contributed by atoms with E-state index in [-0.39, 0.29) is 0 Å². The molecule has 0 aromatic carbocycles. The Hall–Kier alpha value is 0.160. The van der Waals surface area contributed by atoms with Crippen LogP contribution in [0.25, 0.3) is 0 Å². The van der Waals surface area contributed by atoms with E-state index in [9.17, 15) is 18.4 Å². The van der Waals surface area contributed by atoms with Gasteiger partial charge in [0, 0.05) is 18.7 Å². The number of halogens is 4. The van der Waals surface area contributed by atoms with Crippen molar-refractivity contribution in [2.75, 3.05) is 13.1 Å². The number of alkyl halides is 4. The third-order valence-electron chi connectivity index (χ3n) is 2.05. The van der Waals surface area contributed by atoms with Gasteiger partial charge in [0.25, 0.3) is 11.8 Å². The zero-order chi connectivity index (χ0) is 12.6. The summed E-state index contributed by atoms with van der Waals surface area (Å²) in [4.78, 5) is 23.0. The topological polar surface area (TPSA) is 63.4 Å². The number of amides is 2. The summed E-state index contributed by atoms with van der Waals surface area (Å²) in [7, 11) is 0. The largest absolute Gasteiger partial charge is 0.327 e. The fourth-order valence-electron chi connectivity index (χ4n) is 1.05. The van der Waals surface area contributed by atoms with Crippen molar-refractivity contribution >= 4 is 57.0 Å². The third-order valence-corrected chi connectivity index (χ3v) is 5.57. The predicted octanol–water partition coefficient (Wildman–Crippen LogP) is 1.07. The molecule has 16 heavy (non-hydrogen) atoms. The van der Waals surface area contributed by atoms with E-state index in [0.717, 1.165) is 12.2 Å². The van der Waals surface area contributed by atoms with Crippen LogP contribution in [0.3, 0.4) is 0 Å².